The minimum absolute atomic E-state index is 0.0108. The van der Waals surface area contributed by atoms with Gasteiger partial charge < -0.3 is 26.0 Å². The first-order valence-electron chi connectivity index (χ1n) is 10.9. The number of nitrogens with zero attached hydrogens (tertiary/aromatic N) is 4. The highest BCUT2D eigenvalue weighted by atomic mass is 35.5. The van der Waals surface area contributed by atoms with Crippen LogP contribution in [0.4, 0.5) is 16.2 Å². The summed E-state index contributed by atoms with van der Waals surface area (Å²) in [6, 6.07) is 4.23. The number of carbonyl (C=O) groups excluding carboxylic acids is 2. The van der Waals surface area contributed by atoms with E-state index >= 15 is 0 Å². The minimum atomic E-state index is -0.521. The maximum absolute atomic E-state index is 13.3. The third kappa shape index (κ3) is 7.24. The van der Waals surface area contributed by atoms with Gasteiger partial charge in [0.15, 0.2) is 0 Å². The summed E-state index contributed by atoms with van der Waals surface area (Å²) in [6.07, 6.45) is 2.17. The molecule has 0 bridgehead atoms. The van der Waals surface area contributed by atoms with E-state index in [0.717, 1.165) is 6.42 Å². The zero-order chi connectivity index (χ0) is 24.5. The van der Waals surface area contributed by atoms with E-state index < -0.39 is 11.7 Å². The molecule has 34 heavy (non-hydrogen) atoms. The van der Waals surface area contributed by atoms with Crippen molar-refractivity contribution in [2.24, 2.45) is 0 Å². The summed E-state index contributed by atoms with van der Waals surface area (Å²) in [5.74, 6) is -0.471. The number of halogens is 2. The minimum Gasteiger partial charge on any atom is -0.385 e. The molecule has 1 aromatic heterocycles. The summed E-state index contributed by atoms with van der Waals surface area (Å²) in [6.45, 7) is 4.32. The first-order chi connectivity index (χ1) is 16.4. The zero-order valence-electron chi connectivity index (χ0n) is 19.0. The Hall–Kier alpha value is -3.02. The van der Waals surface area contributed by atoms with E-state index in [0.29, 0.717) is 57.4 Å². The fourth-order valence-electron chi connectivity index (χ4n) is 3.45. The Morgan fingerprint density at radius 2 is 2.00 bits per heavy atom. The summed E-state index contributed by atoms with van der Waals surface area (Å²) in [5.41, 5.74) is 6.83. The topological polar surface area (TPSA) is 126 Å². The van der Waals surface area contributed by atoms with Gasteiger partial charge in [-0.3, -0.25) is 14.5 Å². The van der Waals surface area contributed by atoms with Crippen LogP contribution in [0.2, 0.25) is 5.02 Å². The highest BCUT2D eigenvalue weighted by Gasteiger charge is 2.22. The van der Waals surface area contributed by atoms with E-state index in [-0.39, 0.29) is 28.9 Å². The molecule has 1 saturated heterocycles. The fourth-order valence-corrected chi connectivity index (χ4v) is 3.65. The van der Waals surface area contributed by atoms with Crippen LogP contribution in [0.5, 0.6) is 0 Å². The molecule has 0 spiro atoms. The van der Waals surface area contributed by atoms with E-state index in [4.69, 9.17) is 22.1 Å². The number of hydrogen-bond acceptors (Lipinski definition) is 8. The van der Waals surface area contributed by atoms with E-state index in [1.54, 1.807) is 7.11 Å². The van der Waals surface area contributed by atoms with Gasteiger partial charge in [-0.05, 0) is 24.1 Å². The Labute approximate surface area is 202 Å². The van der Waals surface area contributed by atoms with Crippen LogP contribution in [0, 0.1) is 5.82 Å². The largest absolute Gasteiger partial charge is 0.385 e. The fraction of sp³-hybridized carbons (Fsp3) is 0.455. The summed E-state index contributed by atoms with van der Waals surface area (Å²) >= 11 is 5.77. The van der Waals surface area contributed by atoms with Crippen LogP contribution in [-0.2, 0) is 16.1 Å². The quantitative estimate of drug-likeness (QED) is 0.419. The molecule has 184 valence electrons. The second kappa shape index (κ2) is 12.4. The predicted octanol–water partition coefficient (Wildman–Crippen LogP) is 1.06. The monoisotopic (exact) mass is 493 g/mol. The molecular weight excluding hydrogens is 465 g/mol. The van der Waals surface area contributed by atoms with Crippen molar-refractivity contribution in [3.05, 3.63) is 46.4 Å². The van der Waals surface area contributed by atoms with E-state index in [1.807, 2.05) is 4.90 Å². The molecule has 0 atom stereocenters. The van der Waals surface area contributed by atoms with Crippen molar-refractivity contribution in [3.8, 4) is 0 Å². The van der Waals surface area contributed by atoms with Crippen LogP contribution >= 0.6 is 11.6 Å². The van der Waals surface area contributed by atoms with Gasteiger partial charge in [-0.1, -0.05) is 17.7 Å². The lowest BCUT2D eigenvalue weighted by Crippen LogP contribution is -2.50. The van der Waals surface area contributed by atoms with Gasteiger partial charge in [0, 0.05) is 59.2 Å². The molecule has 2 aromatic rings. The molecule has 3 rings (SSSR count). The van der Waals surface area contributed by atoms with Gasteiger partial charge in [-0.2, -0.15) is 4.98 Å². The normalized spacial score (nSPS) is 14.1. The van der Waals surface area contributed by atoms with Crippen LogP contribution in [0.25, 0.3) is 0 Å². The molecular formula is C22H29ClFN7O3. The molecule has 1 aliphatic rings. The number of piperazine rings is 1. The van der Waals surface area contributed by atoms with Crippen molar-refractivity contribution in [3.63, 3.8) is 0 Å². The summed E-state index contributed by atoms with van der Waals surface area (Å²) in [7, 11) is 1.63. The number of anilines is 2. The first-order valence-corrected chi connectivity index (χ1v) is 11.3. The standard InChI is InChI=1S/C22H29ClFN7O3/c1-34-10-2-5-26-19(32)14-30-6-8-31(9-7-30)22-28-13-16(20(25)29-22)21(33)27-12-15-3-4-18(24)17(23)11-15/h3-4,11,13H,2,5-10,12,14H2,1H3,(H,26,32)(H,27,33)(H2,25,28,29). The SMILES string of the molecule is COCCCNC(=O)CN1CCN(c2ncc(C(=O)NCc3ccc(F)c(Cl)c3)c(N)n2)CC1. The van der Waals surface area contributed by atoms with Crippen molar-refractivity contribution in [1.29, 1.82) is 0 Å². The Bertz CT molecular complexity index is 1000. The molecule has 1 aliphatic heterocycles. The Kier molecular flexibility index (Phi) is 9.37. The highest BCUT2D eigenvalue weighted by Crippen LogP contribution is 2.17. The lowest BCUT2D eigenvalue weighted by molar-refractivity contribution is -0.122. The maximum atomic E-state index is 13.3. The van der Waals surface area contributed by atoms with Gasteiger partial charge in [0.05, 0.1) is 17.1 Å². The average molecular weight is 494 g/mol. The molecule has 2 amide bonds. The van der Waals surface area contributed by atoms with E-state index in [9.17, 15) is 14.0 Å². The van der Waals surface area contributed by atoms with Gasteiger partial charge >= 0.3 is 0 Å². The number of carbonyl (C=O) groups is 2. The number of ether oxygens (including phenoxy) is 1. The number of aromatic nitrogens is 2. The van der Waals surface area contributed by atoms with E-state index in [2.05, 4.69) is 25.5 Å². The van der Waals surface area contributed by atoms with Crippen LogP contribution < -0.4 is 21.3 Å². The number of amides is 2. The van der Waals surface area contributed by atoms with Gasteiger partial charge in [0.1, 0.15) is 11.6 Å². The second-order valence-corrected chi connectivity index (χ2v) is 8.27. The van der Waals surface area contributed by atoms with Gasteiger partial charge in [0.2, 0.25) is 11.9 Å². The Balaban J connectivity index is 1.47. The van der Waals surface area contributed by atoms with Gasteiger partial charge in [0.25, 0.3) is 5.91 Å². The summed E-state index contributed by atoms with van der Waals surface area (Å²) < 4.78 is 18.2. The molecule has 0 unspecified atom stereocenters. The number of hydrogen-bond donors (Lipinski definition) is 3. The van der Waals surface area contributed by atoms with Crippen LogP contribution in [-0.4, -0.2) is 79.7 Å². The number of nitrogen functional groups attached to an aromatic ring is 1. The smallest absolute Gasteiger partial charge is 0.256 e. The summed E-state index contributed by atoms with van der Waals surface area (Å²) in [5, 5.41) is 5.57. The first kappa shape index (κ1) is 25.6. The van der Waals surface area contributed by atoms with Crippen LogP contribution in [0.15, 0.2) is 24.4 Å². The van der Waals surface area contributed by atoms with Crippen molar-refractivity contribution >= 4 is 35.2 Å². The predicted molar refractivity (Wildman–Crippen MR) is 127 cm³/mol. The molecule has 0 aliphatic carbocycles. The molecule has 1 fully saturated rings. The zero-order valence-corrected chi connectivity index (χ0v) is 19.8. The average Bonchev–Trinajstić information content (AvgIpc) is 2.83. The van der Waals surface area contributed by atoms with Gasteiger partial charge in [-0.15, -0.1) is 0 Å². The third-order valence-corrected chi connectivity index (χ3v) is 5.65. The second-order valence-electron chi connectivity index (χ2n) is 7.86. The Morgan fingerprint density at radius 3 is 2.68 bits per heavy atom. The molecule has 12 heteroatoms. The number of nitrogens with two attached hydrogens (primary N) is 1. The number of benzene rings is 1. The van der Waals surface area contributed by atoms with Crippen LogP contribution in [0.3, 0.4) is 0 Å². The van der Waals surface area contributed by atoms with Gasteiger partial charge in [-0.25, -0.2) is 9.37 Å². The van der Waals surface area contributed by atoms with E-state index in [1.165, 1.54) is 24.4 Å². The van der Waals surface area contributed by atoms with Crippen molar-refractivity contribution in [1.82, 2.24) is 25.5 Å². The molecule has 4 N–H and O–H groups in total. The number of nitrogens with one attached hydrogen (secondary N) is 2. The van der Waals surface area contributed by atoms with Crippen molar-refractivity contribution in [2.45, 2.75) is 13.0 Å². The van der Waals surface area contributed by atoms with Crippen molar-refractivity contribution in [2.75, 3.05) is 63.6 Å². The van der Waals surface area contributed by atoms with Crippen LogP contribution in [0.1, 0.15) is 22.3 Å². The molecule has 10 nitrogen and oxygen atoms in total. The number of rotatable bonds is 10. The summed E-state index contributed by atoms with van der Waals surface area (Å²) in [4.78, 5) is 37.2. The molecule has 0 radical (unpaired) electrons. The Morgan fingerprint density at radius 1 is 1.24 bits per heavy atom. The lowest BCUT2D eigenvalue weighted by Gasteiger charge is -2.34. The maximum Gasteiger partial charge on any atom is 0.256 e. The molecule has 2 heterocycles. The third-order valence-electron chi connectivity index (χ3n) is 5.36. The molecule has 0 saturated carbocycles. The van der Waals surface area contributed by atoms with Crippen molar-refractivity contribution < 1.29 is 18.7 Å². The number of methoxy groups -OCH3 is 1. The molecule has 1 aromatic carbocycles. The lowest BCUT2D eigenvalue weighted by atomic mass is 10.2. The highest BCUT2D eigenvalue weighted by molar-refractivity contribution is 6.30.